The van der Waals surface area contributed by atoms with Crippen LogP contribution in [-0.4, -0.2) is 18.9 Å². The van der Waals surface area contributed by atoms with E-state index in [1.165, 1.54) is 30.3 Å². The molecule has 0 aliphatic heterocycles. The van der Waals surface area contributed by atoms with Gasteiger partial charge in [-0.3, -0.25) is 0 Å². The highest BCUT2D eigenvalue weighted by molar-refractivity contribution is 8.02. The second-order valence-electron chi connectivity index (χ2n) is 5.62. The molecule has 1 atom stereocenters. The maximum absolute atomic E-state index is 13.0. The molecule has 2 aromatic carbocycles. The van der Waals surface area contributed by atoms with Crippen LogP contribution < -0.4 is 0 Å². The summed E-state index contributed by atoms with van der Waals surface area (Å²) in [5, 5.41) is 0. The van der Waals surface area contributed by atoms with E-state index in [-0.39, 0.29) is 10.5 Å². The van der Waals surface area contributed by atoms with Crippen LogP contribution >= 0.6 is 0 Å². The van der Waals surface area contributed by atoms with E-state index in [0.29, 0.717) is 0 Å². The van der Waals surface area contributed by atoms with Crippen molar-refractivity contribution in [3.05, 3.63) is 65.2 Å². The Morgan fingerprint density at radius 1 is 0.960 bits per heavy atom. The normalized spacial score (nSPS) is 14.8. The van der Waals surface area contributed by atoms with Gasteiger partial charge in [0.05, 0.1) is 25.9 Å². The van der Waals surface area contributed by atoms with E-state index in [1.54, 1.807) is 19.1 Å². The lowest BCUT2D eigenvalue weighted by Crippen LogP contribution is -2.13. The molecular formula is C16H16F3NO3S2. The van der Waals surface area contributed by atoms with Crippen LogP contribution in [-0.2, 0) is 31.7 Å². The Balaban J connectivity index is 2.44. The topological polar surface area (TPSA) is 63.6 Å². The Kier molecular flexibility index (Phi) is 5.29. The first-order chi connectivity index (χ1) is 11.4. The van der Waals surface area contributed by atoms with Crippen LogP contribution in [0.4, 0.5) is 13.2 Å². The Hall–Kier alpha value is -1.87. The van der Waals surface area contributed by atoms with Gasteiger partial charge in [0.2, 0.25) is 0 Å². The number of rotatable bonds is 4. The first kappa shape index (κ1) is 19.5. The van der Waals surface area contributed by atoms with Crippen molar-refractivity contribution in [3.63, 3.8) is 0 Å². The molecule has 4 nitrogen and oxygen atoms in total. The number of aryl methyl sites for hydroxylation is 1. The van der Waals surface area contributed by atoms with Gasteiger partial charge in [-0.05, 0) is 30.7 Å². The summed E-state index contributed by atoms with van der Waals surface area (Å²) in [6.07, 6.45) is -3.59. The van der Waals surface area contributed by atoms with E-state index >= 15 is 0 Å². The lowest BCUT2D eigenvalue weighted by Gasteiger charge is -2.13. The van der Waals surface area contributed by atoms with Crippen LogP contribution in [0.15, 0.2) is 57.2 Å². The molecule has 2 rings (SSSR count). The molecular weight excluding hydrogens is 375 g/mol. The number of halogens is 3. The number of nitrogens with zero attached hydrogens (tertiary/aromatic N) is 1. The fourth-order valence-electron chi connectivity index (χ4n) is 2.20. The summed E-state index contributed by atoms with van der Waals surface area (Å²) < 4.78 is 79.6. The van der Waals surface area contributed by atoms with Gasteiger partial charge in [0, 0.05) is 6.26 Å². The summed E-state index contributed by atoms with van der Waals surface area (Å²) in [7, 11) is -7.68. The van der Waals surface area contributed by atoms with Gasteiger partial charge in [0.25, 0.3) is 10.0 Å². The van der Waals surface area contributed by atoms with Crippen LogP contribution in [0.3, 0.4) is 0 Å². The summed E-state index contributed by atoms with van der Waals surface area (Å²) in [4.78, 5) is -0.156. The zero-order chi connectivity index (χ0) is 18.9. The lowest BCUT2D eigenvalue weighted by molar-refractivity contribution is -0.138. The van der Waals surface area contributed by atoms with Gasteiger partial charge in [-0.15, -0.1) is 3.77 Å². The van der Waals surface area contributed by atoms with Crippen molar-refractivity contribution < 1.29 is 25.8 Å². The molecule has 0 bridgehead atoms. The van der Waals surface area contributed by atoms with Gasteiger partial charge < -0.3 is 0 Å². The number of hydrogen-bond donors (Lipinski definition) is 0. The maximum atomic E-state index is 13.0. The second kappa shape index (κ2) is 6.80. The standard InChI is InChI=1S/C16H16F3NO3S2/c1-12-7-9-14(10-8-12)25(22,23)20-24(2,21)11-13-5-3-4-6-15(13)16(17,18)19/h3-10H,11H2,1-2H3. The Labute approximate surface area is 144 Å². The lowest BCUT2D eigenvalue weighted by atomic mass is 10.1. The van der Waals surface area contributed by atoms with Crippen LogP contribution in [0.1, 0.15) is 16.7 Å². The van der Waals surface area contributed by atoms with Gasteiger partial charge in [0.15, 0.2) is 0 Å². The van der Waals surface area contributed by atoms with E-state index in [4.69, 9.17) is 0 Å². The third-order valence-corrected chi connectivity index (χ3v) is 7.08. The molecule has 0 heterocycles. The molecule has 0 saturated carbocycles. The van der Waals surface area contributed by atoms with E-state index in [1.807, 2.05) is 0 Å². The minimum absolute atomic E-state index is 0.156. The minimum Gasteiger partial charge on any atom is -0.249 e. The average molecular weight is 391 g/mol. The third kappa shape index (κ3) is 5.05. The number of alkyl halides is 3. The van der Waals surface area contributed by atoms with E-state index < -0.39 is 37.2 Å². The Bertz CT molecular complexity index is 988. The third-order valence-electron chi connectivity index (χ3n) is 3.32. The average Bonchev–Trinajstić information content (AvgIpc) is 2.45. The quantitative estimate of drug-likeness (QED) is 0.791. The largest absolute Gasteiger partial charge is 0.416 e. The highest BCUT2D eigenvalue weighted by atomic mass is 32.3. The fourth-order valence-corrected chi connectivity index (χ4v) is 5.72. The number of sulfonamides is 1. The maximum Gasteiger partial charge on any atom is 0.416 e. The Morgan fingerprint density at radius 2 is 1.52 bits per heavy atom. The molecule has 1 unspecified atom stereocenters. The molecule has 0 amide bonds. The zero-order valence-corrected chi connectivity index (χ0v) is 15.1. The van der Waals surface area contributed by atoms with Crippen LogP contribution in [0.25, 0.3) is 0 Å². The van der Waals surface area contributed by atoms with Crippen molar-refractivity contribution in [1.29, 1.82) is 0 Å². The molecule has 0 N–H and O–H groups in total. The van der Waals surface area contributed by atoms with Crippen molar-refractivity contribution in [2.75, 3.05) is 6.26 Å². The molecule has 0 aliphatic rings. The summed E-state index contributed by atoms with van der Waals surface area (Å²) >= 11 is 0. The summed E-state index contributed by atoms with van der Waals surface area (Å²) in [5.41, 5.74) is -0.381. The van der Waals surface area contributed by atoms with Crippen LogP contribution in [0, 0.1) is 6.92 Å². The van der Waals surface area contributed by atoms with E-state index in [0.717, 1.165) is 17.9 Å². The van der Waals surface area contributed by atoms with Crippen LogP contribution in [0.5, 0.6) is 0 Å². The summed E-state index contributed by atoms with van der Waals surface area (Å²) in [6.45, 7) is 1.77. The summed E-state index contributed by atoms with van der Waals surface area (Å²) in [6, 6.07) is 10.3. The molecule has 0 aromatic heterocycles. The highest BCUT2D eigenvalue weighted by Gasteiger charge is 2.33. The molecule has 2 aromatic rings. The van der Waals surface area contributed by atoms with Gasteiger partial charge >= 0.3 is 6.18 Å². The highest BCUT2D eigenvalue weighted by Crippen LogP contribution is 2.32. The van der Waals surface area contributed by atoms with E-state index in [9.17, 15) is 25.8 Å². The van der Waals surface area contributed by atoms with E-state index in [2.05, 4.69) is 3.77 Å². The monoisotopic (exact) mass is 391 g/mol. The van der Waals surface area contributed by atoms with Crippen molar-refractivity contribution >= 4 is 19.8 Å². The van der Waals surface area contributed by atoms with Crippen molar-refractivity contribution in [1.82, 2.24) is 0 Å². The molecule has 0 fully saturated rings. The molecule has 0 radical (unpaired) electrons. The number of hydrogen-bond acceptors (Lipinski definition) is 3. The molecule has 136 valence electrons. The molecule has 9 heteroatoms. The SMILES string of the molecule is Cc1ccc(S(=O)(=O)N=S(C)(=O)Cc2ccccc2C(F)(F)F)cc1. The van der Waals surface area contributed by atoms with Gasteiger partial charge in [0.1, 0.15) is 0 Å². The van der Waals surface area contributed by atoms with Gasteiger partial charge in [-0.2, -0.15) is 21.6 Å². The van der Waals surface area contributed by atoms with Crippen LogP contribution in [0.2, 0.25) is 0 Å². The molecule has 0 aliphatic carbocycles. The van der Waals surface area contributed by atoms with Crippen molar-refractivity contribution in [2.24, 2.45) is 3.77 Å². The van der Waals surface area contributed by atoms with Crippen molar-refractivity contribution in [2.45, 2.75) is 23.7 Å². The predicted molar refractivity (Wildman–Crippen MR) is 90.0 cm³/mol. The smallest absolute Gasteiger partial charge is 0.249 e. The zero-order valence-electron chi connectivity index (χ0n) is 13.4. The molecule has 25 heavy (non-hydrogen) atoms. The molecule has 0 saturated heterocycles. The first-order valence-corrected chi connectivity index (χ1v) is 10.6. The van der Waals surface area contributed by atoms with Gasteiger partial charge in [-0.25, -0.2) is 4.21 Å². The van der Waals surface area contributed by atoms with Gasteiger partial charge in [-0.1, -0.05) is 35.9 Å². The fraction of sp³-hybridized carbons (Fsp3) is 0.250. The predicted octanol–water partition coefficient (Wildman–Crippen LogP) is 4.00. The van der Waals surface area contributed by atoms with Crippen molar-refractivity contribution in [3.8, 4) is 0 Å². The minimum atomic E-state index is -4.62. The first-order valence-electron chi connectivity index (χ1n) is 7.09. The summed E-state index contributed by atoms with van der Waals surface area (Å²) in [5.74, 6) is -0.617. The Morgan fingerprint density at radius 3 is 2.08 bits per heavy atom. The number of benzene rings is 2. The second-order valence-corrected chi connectivity index (χ2v) is 9.85. The molecule has 0 spiro atoms.